The molecule has 1 aromatic carbocycles. The van der Waals surface area contributed by atoms with E-state index in [1.165, 1.54) is 12.1 Å². The summed E-state index contributed by atoms with van der Waals surface area (Å²) in [5, 5.41) is 12.7. The van der Waals surface area contributed by atoms with Crippen LogP contribution < -0.4 is 10.1 Å². The number of carbonyl (C=O) groups is 2. The summed E-state index contributed by atoms with van der Waals surface area (Å²) in [5.41, 5.74) is 0.125. The lowest BCUT2D eigenvalue weighted by molar-refractivity contribution is 0.0529. The van der Waals surface area contributed by atoms with Crippen molar-refractivity contribution in [2.24, 2.45) is 0 Å². The summed E-state index contributed by atoms with van der Waals surface area (Å²) in [5.74, 6) is 5.73. The van der Waals surface area contributed by atoms with E-state index >= 15 is 0 Å². The Morgan fingerprint density at radius 2 is 2.08 bits per heavy atom. The summed E-state index contributed by atoms with van der Waals surface area (Å²) in [4.78, 5) is 22.4. The van der Waals surface area contributed by atoms with Gasteiger partial charge < -0.3 is 19.9 Å². The Morgan fingerprint density at radius 3 is 2.67 bits per heavy atom. The van der Waals surface area contributed by atoms with Gasteiger partial charge in [-0.2, -0.15) is 0 Å². The van der Waals surface area contributed by atoms with Crippen LogP contribution in [0.3, 0.4) is 0 Å². The van der Waals surface area contributed by atoms with E-state index in [0.717, 1.165) is 0 Å². The topological polar surface area (TPSA) is 84.9 Å². The normalized spacial score (nSPS) is 10.3. The number of carbonyl (C=O) groups excluding carboxylic acids is 2. The zero-order valence-corrected chi connectivity index (χ0v) is 14.4. The number of aldehydes is 1. The molecule has 0 bridgehead atoms. The molecule has 0 saturated carbocycles. The summed E-state index contributed by atoms with van der Waals surface area (Å²) in [6.07, 6.45) is 0.527. The first kappa shape index (κ1) is 19.4. The molecule has 0 radical (unpaired) electrons. The van der Waals surface area contributed by atoms with E-state index in [9.17, 15) is 14.7 Å². The lowest BCUT2D eigenvalue weighted by Gasteiger charge is -2.19. The van der Waals surface area contributed by atoms with E-state index in [2.05, 4.69) is 17.2 Å². The van der Waals surface area contributed by atoms with Crippen molar-refractivity contribution in [1.29, 1.82) is 0 Å². The third-order valence-electron chi connectivity index (χ3n) is 2.67. The summed E-state index contributed by atoms with van der Waals surface area (Å²) in [6.45, 7) is 7.80. The van der Waals surface area contributed by atoms with E-state index in [-0.39, 0.29) is 11.5 Å². The first-order valence-corrected chi connectivity index (χ1v) is 7.67. The molecule has 2 N–H and O–H groups in total. The minimum absolute atomic E-state index is 0.102. The van der Waals surface area contributed by atoms with Gasteiger partial charge in [0.25, 0.3) is 0 Å². The van der Waals surface area contributed by atoms with Crippen LogP contribution in [0.25, 0.3) is 0 Å². The Hall–Kier alpha value is -2.68. The predicted molar refractivity (Wildman–Crippen MR) is 90.4 cm³/mol. The Bertz CT molecular complexity index is 650. The van der Waals surface area contributed by atoms with Crippen LogP contribution in [0, 0.1) is 11.8 Å². The van der Waals surface area contributed by atoms with Gasteiger partial charge in [0.2, 0.25) is 0 Å². The molecule has 1 rings (SSSR count). The molecule has 0 spiro atoms. The monoisotopic (exact) mass is 333 g/mol. The highest BCUT2D eigenvalue weighted by Gasteiger charge is 2.15. The van der Waals surface area contributed by atoms with E-state index in [4.69, 9.17) is 9.47 Å². The third kappa shape index (κ3) is 6.61. The molecule has 6 nitrogen and oxygen atoms in total. The van der Waals surface area contributed by atoms with E-state index in [1.54, 1.807) is 27.7 Å². The molecular formula is C18H23NO5. The molecule has 0 aliphatic heterocycles. The van der Waals surface area contributed by atoms with Crippen LogP contribution >= 0.6 is 0 Å². The number of hydrogen-bond acceptors (Lipinski definition) is 5. The Balaban J connectivity index is 2.67. The minimum Gasteiger partial charge on any atom is -0.503 e. The van der Waals surface area contributed by atoms with Crippen molar-refractivity contribution < 1.29 is 24.2 Å². The number of amides is 1. The maximum Gasteiger partial charge on any atom is 0.407 e. The largest absolute Gasteiger partial charge is 0.503 e. The lowest BCUT2D eigenvalue weighted by Crippen LogP contribution is -2.32. The van der Waals surface area contributed by atoms with Crippen LogP contribution in [-0.4, -0.2) is 36.2 Å². The maximum absolute atomic E-state index is 11.5. The fourth-order valence-electron chi connectivity index (χ4n) is 1.76. The second-order valence-corrected chi connectivity index (χ2v) is 5.95. The molecule has 0 fully saturated rings. The van der Waals surface area contributed by atoms with Crippen LogP contribution in [0.4, 0.5) is 4.79 Å². The van der Waals surface area contributed by atoms with Gasteiger partial charge >= 0.3 is 6.09 Å². The molecule has 1 aromatic rings. The molecule has 0 aliphatic rings. The number of nitrogens with one attached hydrogen (secondary N) is 1. The summed E-state index contributed by atoms with van der Waals surface area (Å²) >= 11 is 0. The van der Waals surface area contributed by atoms with E-state index in [0.29, 0.717) is 37.0 Å². The molecule has 0 heterocycles. The van der Waals surface area contributed by atoms with Crippen molar-refractivity contribution in [3.8, 4) is 23.3 Å². The molecule has 6 heteroatoms. The highest BCUT2D eigenvalue weighted by Crippen LogP contribution is 2.30. The fourth-order valence-corrected chi connectivity index (χ4v) is 1.76. The van der Waals surface area contributed by atoms with Gasteiger partial charge in [0, 0.05) is 18.5 Å². The highest BCUT2D eigenvalue weighted by atomic mass is 16.6. The van der Waals surface area contributed by atoms with Crippen molar-refractivity contribution in [3.05, 3.63) is 23.3 Å². The molecule has 0 aliphatic carbocycles. The molecular weight excluding hydrogens is 310 g/mol. The minimum atomic E-state index is -0.549. The SMILES string of the molecule is CCOc1cc(C=O)cc(C#CCCNC(=O)OC(C)(C)C)c1O. The zero-order chi connectivity index (χ0) is 18.2. The van der Waals surface area contributed by atoms with Gasteiger partial charge in [0.05, 0.1) is 12.2 Å². The van der Waals surface area contributed by atoms with Crippen LogP contribution in [0.5, 0.6) is 11.5 Å². The van der Waals surface area contributed by atoms with Crippen molar-refractivity contribution in [1.82, 2.24) is 5.32 Å². The van der Waals surface area contributed by atoms with Crippen LogP contribution in [-0.2, 0) is 4.74 Å². The number of phenolic OH excluding ortho intramolecular Hbond substituents is 1. The molecule has 24 heavy (non-hydrogen) atoms. The maximum atomic E-state index is 11.5. The molecule has 0 atom stereocenters. The van der Waals surface area contributed by atoms with Crippen molar-refractivity contribution >= 4 is 12.4 Å². The zero-order valence-electron chi connectivity index (χ0n) is 14.4. The van der Waals surface area contributed by atoms with Crippen LogP contribution in [0.2, 0.25) is 0 Å². The standard InChI is InChI=1S/C18H23NO5/c1-5-23-15-11-13(12-20)10-14(16(15)21)8-6-7-9-19-17(22)24-18(2,3)4/h10-12,21H,5,7,9H2,1-4H3,(H,19,22). The van der Waals surface area contributed by atoms with E-state index < -0.39 is 11.7 Å². The van der Waals surface area contributed by atoms with Crippen molar-refractivity contribution in [3.63, 3.8) is 0 Å². The van der Waals surface area contributed by atoms with Gasteiger partial charge in [-0.15, -0.1) is 0 Å². The fraction of sp³-hybridized carbons (Fsp3) is 0.444. The molecule has 0 unspecified atom stereocenters. The highest BCUT2D eigenvalue weighted by molar-refractivity contribution is 5.78. The number of hydrogen-bond donors (Lipinski definition) is 2. The number of alkyl carbamates (subject to hydrolysis) is 1. The van der Waals surface area contributed by atoms with E-state index in [1.807, 2.05) is 0 Å². The molecule has 1 amide bonds. The number of phenols is 1. The first-order valence-electron chi connectivity index (χ1n) is 7.67. The summed E-state index contributed by atoms with van der Waals surface area (Å²) in [7, 11) is 0. The quantitative estimate of drug-likeness (QED) is 0.492. The second-order valence-electron chi connectivity index (χ2n) is 5.95. The average Bonchev–Trinajstić information content (AvgIpc) is 2.48. The molecule has 0 saturated heterocycles. The molecule has 130 valence electrons. The van der Waals surface area contributed by atoms with Crippen molar-refractivity contribution in [2.45, 2.75) is 39.7 Å². The van der Waals surface area contributed by atoms with Crippen molar-refractivity contribution in [2.75, 3.05) is 13.2 Å². The van der Waals surface area contributed by atoms with Gasteiger partial charge in [0.1, 0.15) is 11.9 Å². The number of benzene rings is 1. The van der Waals surface area contributed by atoms with Gasteiger partial charge in [0.15, 0.2) is 11.5 Å². The van der Waals surface area contributed by atoms with Gasteiger partial charge in [-0.3, -0.25) is 4.79 Å². The Morgan fingerprint density at radius 1 is 1.38 bits per heavy atom. The Kier molecular flexibility index (Phi) is 7.12. The average molecular weight is 333 g/mol. The predicted octanol–water partition coefficient (Wildman–Crippen LogP) is 2.87. The van der Waals surface area contributed by atoms with Gasteiger partial charge in [-0.05, 0) is 39.8 Å². The smallest absolute Gasteiger partial charge is 0.407 e. The van der Waals surface area contributed by atoms with Crippen LogP contribution in [0.1, 0.15) is 50.0 Å². The lowest BCUT2D eigenvalue weighted by atomic mass is 10.1. The second kappa shape index (κ2) is 8.82. The third-order valence-corrected chi connectivity index (χ3v) is 2.67. The number of ether oxygens (including phenoxy) is 2. The number of rotatable bonds is 5. The summed E-state index contributed by atoms with van der Waals surface area (Å²) < 4.78 is 10.4. The van der Waals surface area contributed by atoms with Gasteiger partial charge in [-0.1, -0.05) is 11.8 Å². The van der Waals surface area contributed by atoms with Crippen LogP contribution in [0.15, 0.2) is 12.1 Å². The summed E-state index contributed by atoms with van der Waals surface area (Å²) in [6, 6.07) is 2.94. The molecule has 0 aromatic heterocycles. The first-order chi connectivity index (χ1) is 11.3. The Labute approximate surface area is 142 Å². The van der Waals surface area contributed by atoms with Gasteiger partial charge in [-0.25, -0.2) is 4.79 Å². The number of aromatic hydroxyl groups is 1.